The predicted molar refractivity (Wildman–Crippen MR) is 118 cm³/mol. The lowest BCUT2D eigenvalue weighted by Crippen LogP contribution is -2.52. The van der Waals surface area contributed by atoms with Gasteiger partial charge in [0.05, 0.1) is 11.1 Å². The highest BCUT2D eigenvalue weighted by Crippen LogP contribution is 2.38. The van der Waals surface area contributed by atoms with Gasteiger partial charge in [-0.1, -0.05) is 36.9 Å². The van der Waals surface area contributed by atoms with Crippen LogP contribution in [0, 0.1) is 13.8 Å². The third kappa shape index (κ3) is 3.91. The SMILES string of the molecule is C=CC(=O)N1CCC(C(=O)N(C)Cc2c(C)nn(CC)c2C)(c2ccccc2)CC1. The van der Waals surface area contributed by atoms with Gasteiger partial charge in [0.2, 0.25) is 11.8 Å². The van der Waals surface area contributed by atoms with Crippen LogP contribution in [0.3, 0.4) is 0 Å². The second-order valence-corrected chi connectivity index (χ2v) is 8.10. The van der Waals surface area contributed by atoms with Crippen molar-refractivity contribution < 1.29 is 9.59 Å². The van der Waals surface area contributed by atoms with E-state index in [1.807, 2.05) is 53.9 Å². The zero-order valence-electron chi connectivity index (χ0n) is 18.5. The van der Waals surface area contributed by atoms with Crippen LogP contribution in [0.25, 0.3) is 0 Å². The molecule has 0 spiro atoms. The molecule has 160 valence electrons. The molecular weight excluding hydrogens is 376 g/mol. The van der Waals surface area contributed by atoms with E-state index in [1.165, 1.54) is 6.08 Å². The Morgan fingerprint density at radius 3 is 2.37 bits per heavy atom. The molecule has 6 nitrogen and oxygen atoms in total. The van der Waals surface area contributed by atoms with Crippen molar-refractivity contribution in [2.75, 3.05) is 20.1 Å². The molecule has 30 heavy (non-hydrogen) atoms. The van der Waals surface area contributed by atoms with Crippen LogP contribution >= 0.6 is 0 Å². The number of piperidine rings is 1. The van der Waals surface area contributed by atoms with E-state index in [-0.39, 0.29) is 11.8 Å². The first-order valence-electron chi connectivity index (χ1n) is 10.6. The molecule has 6 heteroatoms. The normalized spacial score (nSPS) is 15.7. The lowest BCUT2D eigenvalue weighted by Gasteiger charge is -2.42. The highest BCUT2D eigenvalue weighted by atomic mass is 16.2. The Balaban J connectivity index is 1.89. The molecule has 2 aromatic rings. The Kier molecular flexibility index (Phi) is 6.44. The van der Waals surface area contributed by atoms with Gasteiger partial charge in [0.15, 0.2) is 0 Å². The monoisotopic (exact) mass is 408 g/mol. The van der Waals surface area contributed by atoms with Crippen molar-refractivity contribution in [3.05, 3.63) is 65.5 Å². The molecule has 0 radical (unpaired) electrons. The number of hydrogen-bond donors (Lipinski definition) is 0. The summed E-state index contributed by atoms with van der Waals surface area (Å²) in [6.07, 6.45) is 2.55. The predicted octanol–water partition coefficient (Wildman–Crippen LogP) is 3.22. The molecule has 1 aromatic carbocycles. The molecule has 1 fully saturated rings. The minimum atomic E-state index is -0.628. The van der Waals surface area contributed by atoms with E-state index in [4.69, 9.17) is 0 Å². The maximum Gasteiger partial charge on any atom is 0.245 e. The van der Waals surface area contributed by atoms with Gasteiger partial charge in [0, 0.05) is 44.5 Å². The van der Waals surface area contributed by atoms with Crippen molar-refractivity contribution in [2.45, 2.75) is 52.1 Å². The zero-order valence-corrected chi connectivity index (χ0v) is 18.5. The Hall–Kier alpha value is -2.89. The number of hydrogen-bond acceptors (Lipinski definition) is 3. The molecule has 0 bridgehead atoms. The highest BCUT2D eigenvalue weighted by Gasteiger charge is 2.45. The van der Waals surface area contributed by atoms with E-state index in [9.17, 15) is 9.59 Å². The van der Waals surface area contributed by atoms with E-state index in [2.05, 4.69) is 25.5 Å². The summed E-state index contributed by atoms with van der Waals surface area (Å²) >= 11 is 0. The van der Waals surface area contributed by atoms with E-state index < -0.39 is 5.41 Å². The van der Waals surface area contributed by atoms with Crippen molar-refractivity contribution in [2.24, 2.45) is 0 Å². The number of aromatic nitrogens is 2. The van der Waals surface area contributed by atoms with E-state index in [0.29, 0.717) is 32.5 Å². The van der Waals surface area contributed by atoms with Crippen LogP contribution in [0.2, 0.25) is 0 Å². The lowest BCUT2D eigenvalue weighted by molar-refractivity contribution is -0.141. The molecule has 0 saturated carbocycles. The second-order valence-electron chi connectivity index (χ2n) is 8.10. The average molecular weight is 409 g/mol. The van der Waals surface area contributed by atoms with Gasteiger partial charge in [-0.15, -0.1) is 0 Å². The fourth-order valence-corrected chi connectivity index (χ4v) is 4.57. The van der Waals surface area contributed by atoms with Gasteiger partial charge in [-0.2, -0.15) is 5.10 Å². The van der Waals surface area contributed by atoms with E-state index in [1.54, 1.807) is 4.90 Å². The molecule has 0 unspecified atom stereocenters. The molecule has 1 aromatic heterocycles. The van der Waals surface area contributed by atoms with Crippen LogP contribution in [0.15, 0.2) is 43.0 Å². The summed E-state index contributed by atoms with van der Waals surface area (Å²) in [6, 6.07) is 9.98. The Morgan fingerprint density at radius 1 is 1.20 bits per heavy atom. The Morgan fingerprint density at radius 2 is 1.83 bits per heavy atom. The summed E-state index contributed by atoms with van der Waals surface area (Å²) in [7, 11) is 1.87. The summed E-state index contributed by atoms with van der Waals surface area (Å²) in [5, 5.41) is 4.59. The number of likely N-dealkylation sites (tertiary alicyclic amines) is 1. The topological polar surface area (TPSA) is 58.4 Å². The van der Waals surface area contributed by atoms with Crippen molar-refractivity contribution in [3.8, 4) is 0 Å². The van der Waals surface area contributed by atoms with Crippen LogP contribution < -0.4 is 0 Å². The minimum Gasteiger partial charge on any atom is -0.341 e. The first kappa shape index (κ1) is 21.8. The van der Waals surface area contributed by atoms with E-state index >= 15 is 0 Å². The first-order chi connectivity index (χ1) is 14.3. The molecule has 0 N–H and O–H groups in total. The van der Waals surface area contributed by atoms with Crippen molar-refractivity contribution in [1.82, 2.24) is 19.6 Å². The number of carbonyl (C=O) groups is 2. The minimum absolute atomic E-state index is 0.0734. The Labute approximate surface area is 179 Å². The van der Waals surface area contributed by atoms with Gasteiger partial charge in [0.25, 0.3) is 0 Å². The third-order valence-corrected chi connectivity index (χ3v) is 6.41. The molecule has 1 aliphatic rings. The number of rotatable bonds is 6. The Bertz CT molecular complexity index is 924. The van der Waals surface area contributed by atoms with Gasteiger partial charge in [-0.05, 0) is 45.3 Å². The summed E-state index contributed by atoms with van der Waals surface area (Å²) in [6.45, 7) is 12.2. The molecule has 2 heterocycles. The molecular formula is C24H32N4O2. The molecule has 1 aliphatic heterocycles. The second kappa shape index (κ2) is 8.86. The number of nitrogens with zero attached hydrogens (tertiary/aromatic N) is 4. The van der Waals surface area contributed by atoms with Gasteiger partial charge in [-0.3, -0.25) is 14.3 Å². The molecule has 0 atom stereocenters. The van der Waals surface area contributed by atoms with Crippen LogP contribution in [0.5, 0.6) is 0 Å². The zero-order chi connectivity index (χ0) is 21.9. The van der Waals surface area contributed by atoms with Crippen molar-refractivity contribution in [1.29, 1.82) is 0 Å². The number of likely N-dealkylation sites (N-methyl/N-ethyl adjacent to an activating group) is 1. The summed E-state index contributed by atoms with van der Waals surface area (Å²) in [4.78, 5) is 29.5. The smallest absolute Gasteiger partial charge is 0.245 e. The number of amides is 2. The van der Waals surface area contributed by atoms with Gasteiger partial charge in [0.1, 0.15) is 0 Å². The molecule has 1 saturated heterocycles. The number of aryl methyl sites for hydroxylation is 2. The summed E-state index contributed by atoms with van der Waals surface area (Å²) in [5.74, 6) is 0.0261. The number of benzene rings is 1. The van der Waals surface area contributed by atoms with Crippen LogP contribution in [0.4, 0.5) is 0 Å². The molecule has 2 amide bonds. The maximum absolute atomic E-state index is 13.8. The van der Waals surface area contributed by atoms with E-state index in [0.717, 1.165) is 29.1 Å². The van der Waals surface area contributed by atoms with Gasteiger partial charge < -0.3 is 9.80 Å². The van der Waals surface area contributed by atoms with Crippen LogP contribution in [-0.4, -0.2) is 51.5 Å². The fourth-order valence-electron chi connectivity index (χ4n) is 4.57. The van der Waals surface area contributed by atoms with Crippen LogP contribution in [-0.2, 0) is 28.1 Å². The van der Waals surface area contributed by atoms with Crippen molar-refractivity contribution >= 4 is 11.8 Å². The fraction of sp³-hybridized carbons (Fsp3) is 0.458. The average Bonchev–Trinajstić information content (AvgIpc) is 3.06. The maximum atomic E-state index is 13.8. The van der Waals surface area contributed by atoms with Gasteiger partial charge in [-0.25, -0.2) is 0 Å². The lowest BCUT2D eigenvalue weighted by atomic mass is 9.71. The van der Waals surface area contributed by atoms with Crippen LogP contribution in [0.1, 0.15) is 42.3 Å². The summed E-state index contributed by atoms with van der Waals surface area (Å²) in [5.41, 5.74) is 3.57. The standard InChI is InChI=1S/C24H32N4O2/c1-6-22(29)27-15-13-24(14-16-27,20-11-9-8-10-12-20)23(30)26(5)17-21-18(3)25-28(7-2)19(21)4/h6,8-12H,1,7,13-17H2,2-5H3. The number of carbonyl (C=O) groups excluding carboxylic acids is 2. The van der Waals surface area contributed by atoms with Gasteiger partial charge >= 0.3 is 0 Å². The first-order valence-corrected chi connectivity index (χ1v) is 10.6. The summed E-state index contributed by atoms with van der Waals surface area (Å²) < 4.78 is 1.98. The van der Waals surface area contributed by atoms with Crippen molar-refractivity contribution in [3.63, 3.8) is 0 Å². The quantitative estimate of drug-likeness (QED) is 0.690. The largest absolute Gasteiger partial charge is 0.341 e. The molecule has 0 aliphatic carbocycles. The molecule has 3 rings (SSSR count). The highest BCUT2D eigenvalue weighted by molar-refractivity contribution is 5.90. The third-order valence-electron chi connectivity index (χ3n) is 6.41.